The second-order valence-corrected chi connectivity index (χ2v) is 6.87. The first-order valence-electron chi connectivity index (χ1n) is 7.54. The molecule has 2 N–H and O–H groups in total. The van der Waals surface area contributed by atoms with Crippen LogP contribution in [0.15, 0.2) is 27.7 Å². The SMILES string of the molecule is CN=C(NCCCCSC)NCCCc1ccc(Br)cc1F. The molecule has 124 valence electrons. The third-order valence-electron chi connectivity index (χ3n) is 3.22. The molecule has 0 aromatic heterocycles. The number of guanidine groups is 1. The van der Waals surface area contributed by atoms with E-state index in [1.54, 1.807) is 7.05 Å². The highest BCUT2D eigenvalue weighted by Gasteiger charge is 2.03. The standard InChI is InChI=1S/C16H25BrFN3S/c1-19-16(20-9-3-4-11-22-2)21-10-5-6-13-7-8-14(17)12-15(13)18/h7-8,12H,3-6,9-11H2,1-2H3,(H2,19,20,21). The number of unbranched alkanes of at least 4 members (excludes halogenated alkanes) is 1. The largest absolute Gasteiger partial charge is 0.356 e. The van der Waals surface area contributed by atoms with Gasteiger partial charge in [0, 0.05) is 24.6 Å². The van der Waals surface area contributed by atoms with Crippen molar-refractivity contribution < 1.29 is 4.39 Å². The maximum Gasteiger partial charge on any atom is 0.190 e. The molecule has 1 aromatic carbocycles. The van der Waals surface area contributed by atoms with Crippen molar-refractivity contribution in [1.29, 1.82) is 0 Å². The monoisotopic (exact) mass is 389 g/mol. The van der Waals surface area contributed by atoms with Crippen molar-refractivity contribution in [2.24, 2.45) is 4.99 Å². The zero-order chi connectivity index (χ0) is 16.2. The van der Waals surface area contributed by atoms with Crippen LogP contribution < -0.4 is 10.6 Å². The van der Waals surface area contributed by atoms with E-state index in [9.17, 15) is 4.39 Å². The van der Waals surface area contributed by atoms with Gasteiger partial charge in [0.2, 0.25) is 0 Å². The Morgan fingerprint density at radius 3 is 2.59 bits per heavy atom. The second-order valence-electron chi connectivity index (χ2n) is 4.96. The lowest BCUT2D eigenvalue weighted by atomic mass is 10.1. The molecule has 0 amide bonds. The van der Waals surface area contributed by atoms with Crippen molar-refractivity contribution in [3.63, 3.8) is 0 Å². The summed E-state index contributed by atoms with van der Waals surface area (Å²) in [5.74, 6) is 1.87. The van der Waals surface area contributed by atoms with Crippen LogP contribution >= 0.6 is 27.7 Å². The van der Waals surface area contributed by atoms with Gasteiger partial charge in [-0.25, -0.2) is 4.39 Å². The highest BCUT2D eigenvalue weighted by atomic mass is 79.9. The van der Waals surface area contributed by atoms with E-state index in [4.69, 9.17) is 0 Å². The van der Waals surface area contributed by atoms with E-state index < -0.39 is 0 Å². The van der Waals surface area contributed by atoms with Crippen molar-refractivity contribution in [3.8, 4) is 0 Å². The minimum Gasteiger partial charge on any atom is -0.356 e. The number of thioether (sulfide) groups is 1. The molecule has 0 aliphatic heterocycles. The van der Waals surface area contributed by atoms with Crippen LogP contribution in [0.5, 0.6) is 0 Å². The molecule has 0 spiro atoms. The van der Waals surface area contributed by atoms with Gasteiger partial charge in [-0.1, -0.05) is 22.0 Å². The molecule has 0 aliphatic carbocycles. The van der Waals surface area contributed by atoms with Crippen LogP contribution in [0.25, 0.3) is 0 Å². The summed E-state index contributed by atoms with van der Waals surface area (Å²) in [4.78, 5) is 4.19. The number of aryl methyl sites for hydroxylation is 1. The number of benzene rings is 1. The maximum atomic E-state index is 13.7. The number of rotatable bonds is 9. The predicted octanol–water partition coefficient (Wildman–Crippen LogP) is 3.83. The van der Waals surface area contributed by atoms with Crippen molar-refractivity contribution in [3.05, 3.63) is 34.1 Å². The zero-order valence-electron chi connectivity index (χ0n) is 13.3. The Morgan fingerprint density at radius 1 is 1.23 bits per heavy atom. The molecule has 22 heavy (non-hydrogen) atoms. The number of hydrogen-bond acceptors (Lipinski definition) is 2. The quantitative estimate of drug-likeness (QED) is 0.382. The Balaban J connectivity index is 2.19. The van der Waals surface area contributed by atoms with Crippen LogP contribution in [0.1, 0.15) is 24.8 Å². The molecule has 0 aliphatic rings. The molecule has 0 radical (unpaired) electrons. The van der Waals surface area contributed by atoms with Gasteiger partial charge in [-0.2, -0.15) is 11.8 Å². The summed E-state index contributed by atoms with van der Waals surface area (Å²) >= 11 is 5.14. The second kappa shape index (κ2) is 11.8. The minimum atomic E-state index is -0.148. The van der Waals surface area contributed by atoms with Crippen LogP contribution in [0.3, 0.4) is 0 Å². The van der Waals surface area contributed by atoms with E-state index in [1.165, 1.54) is 18.2 Å². The summed E-state index contributed by atoms with van der Waals surface area (Å²) in [5, 5.41) is 6.56. The van der Waals surface area contributed by atoms with Gasteiger partial charge in [0.05, 0.1) is 0 Å². The summed E-state index contributed by atoms with van der Waals surface area (Å²) in [7, 11) is 1.77. The molecular weight excluding hydrogens is 365 g/mol. The topological polar surface area (TPSA) is 36.4 Å². The van der Waals surface area contributed by atoms with Crippen LogP contribution in [0.2, 0.25) is 0 Å². The van der Waals surface area contributed by atoms with Gasteiger partial charge in [-0.3, -0.25) is 4.99 Å². The van der Waals surface area contributed by atoms with Gasteiger partial charge in [-0.15, -0.1) is 0 Å². The first-order valence-corrected chi connectivity index (χ1v) is 9.73. The lowest BCUT2D eigenvalue weighted by molar-refractivity contribution is 0.601. The molecule has 1 rings (SSSR count). The van der Waals surface area contributed by atoms with Crippen molar-refractivity contribution in [2.45, 2.75) is 25.7 Å². The van der Waals surface area contributed by atoms with Gasteiger partial charge in [-0.05, 0) is 55.4 Å². The van der Waals surface area contributed by atoms with E-state index in [-0.39, 0.29) is 5.82 Å². The average Bonchev–Trinajstić information content (AvgIpc) is 2.51. The van der Waals surface area contributed by atoms with Crippen molar-refractivity contribution in [2.75, 3.05) is 32.1 Å². The van der Waals surface area contributed by atoms with Crippen molar-refractivity contribution in [1.82, 2.24) is 10.6 Å². The Kier molecular flexibility index (Phi) is 10.3. The van der Waals surface area contributed by atoms with E-state index in [1.807, 2.05) is 23.9 Å². The fraction of sp³-hybridized carbons (Fsp3) is 0.562. The van der Waals surface area contributed by atoms with Crippen molar-refractivity contribution >= 4 is 33.7 Å². The highest BCUT2D eigenvalue weighted by Crippen LogP contribution is 2.16. The zero-order valence-corrected chi connectivity index (χ0v) is 15.7. The smallest absolute Gasteiger partial charge is 0.190 e. The summed E-state index contributed by atoms with van der Waals surface area (Å²) in [6.45, 7) is 1.71. The molecule has 1 aromatic rings. The normalized spacial score (nSPS) is 11.5. The van der Waals surface area contributed by atoms with Crippen LogP contribution in [0, 0.1) is 5.82 Å². The maximum absolute atomic E-state index is 13.7. The molecule has 0 unspecified atom stereocenters. The van der Waals surface area contributed by atoms with Crippen LogP contribution in [-0.2, 0) is 6.42 Å². The van der Waals surface area contributed by atoms with Crippen LogP contribution in [-0.4, -0.2) is 38.1 Å². The van der Waals surface area contributed by atoms with E-state index in [2.05, 4.69) is 37.8 Å². The summed E-state index contributed by atoms with van der Waals surface area (Å²) in [6.07, 6.45) is 6.07. The Labute approximate surface area is 145 Å². The van der Waals surface area contributed by atoms with E-state index in [0.29, 0.717) is 0 Å². The average molecular weight is 390 g/mol. The number of aliphatic imine (C=N–C) groups is 1. The molecule has 0 fully saturated rings. The Morgan fingerprint density at radius 2 is 1.95 bits per heavy atom. The predicted molar refractivity (Wildman–Crippen MR) is 99.4 cm³/mol. The number of halogens is 2. The van der Waals surface area contributed by atoms with Gasteiger partial charge >= 0.3 is 0 Å². The lowest BCUT2D eigenvalue weighted by Crippen LogP contribution is -2.38. The fourth-order valence-corrected chi connectivity index (χ4v) is 2.83. The summed E-state index contributed by atoms with van der Waals surface area (Å²) in [6, 6.07) is 5.22. The summed E-state index contributed by atoms with van der Waals surface area (Å²) in [5.41, 5.74) is 0.755. The molecular formula is C16H25BrFN3S. The number of hydrogen-bond donors (Lipinski definition) is 2. The Hall–Kier alpha value is -0.750. The van der Waals surface area contributed by atoms with E-state index >= 15 is 0 Å². The molecule has 0 saturated carbocycles. The van der Waals surface area contributed by atoms with Crippen LogP contribution in [0.4, 0.5) is 4.39 Å². The first kappa shape index (κ1) is 19.3. The van der Waals surface area contributed by atoms with Gasteiger partial charge < -0.3 is 10.6 Å². The molecule has 0 heterocycles. The Bertz CT molecular complexity index is 469. The summed E-state index contributed by atoms with van der Waals surface area (Å²) < 4.78 is 14.5. The molecule has 6 heteroatoms. The third-order valence-corrected chi connectivity index (χ3v) is 4.41. The van der Waals surface area contributed by atoms with Gasteiger partial charge in [0.25, 0.3) is 0 Å². The minimum absolute atomic E-state index is 0.148. The molecule has 0 atom stereocenters. The first-order chi connectivity index (χ1) is 10.7. The number of nitrogens with one attached hydrogen (secondary N) is 2. The van der Waals surface area contributed by atoms with E-state index in [0.717, 1.165) is 48.3 Å². The molecule has 0 saturated heterocycles. The molecule has 3 nitrogen and oxygen atoms in total. The lowest BCUT2D eigenvalue weighted by Gasteiger charge is -2.12. The number of nitrogens with zero attached hydrogens (tertiary/aromatic N) is 1. The van der Waals surface area contributed by atoms with Gasteiger partial charge in [0.15, 0.2) is 5.96 Å². The fourth-order valence-electron chi connectivity index (χ4n) is 2.01. The van der Waals surface area contributed by atoms with Gasteiger partial charge in [0.1, 0.15) is 5.82 Å². The highest BCUT2D eigenvalue weighted by molar-refractivity contribution is 9.10. The third kappa shape index (κ3) is 8.03. The molecule has 0 bridgehead atoms.